The van der Waals surface area contributed by atoms with Crippen molar-refractivity contribution >= 4 is 34.3 Å². The molecule has 2 heteroatoms. The van der Waals surface area contributed by atoms with Crippen molar-refractivity contribution in [1.82, 2.24) is 0 Å². The molecule has 20 heavy (non-hydrogen) atoms. The van der Waals surface area contributed by atoms with Gasteiger partial charge >= 0.3 is 0 Å². The molecule has 0 aliphatic rings. The van der Waals surface area contributed by atoms with Crippen molar-refractivity contribution in [2.45, 2.75) is 11.5 Å². The van der Waals surface area contributed by atoms with Crippen LogP contribution in [0, 0.1) is 0 Å². The van der Waals surface area contributed by atoms with Crippen LogP contribution in [0.1, 0.15) is 11.1 Å². The molecule has 0 saturated carbocycles. The van der Waals surface area contributed by atoms with Gasteiger partial charge < -0.3 is 0 Å². The molecule has 0 heterocycles. The molecule has 0 bridgehead atoms. The van der Waals surface area contributed by atoms with Gasteiger partial charge in [0.05, 0.1) is 0 Å². The van der Waals surface area contributed by atoms with Gasteiger partial charge in [0.1, 0.15) is 0 Å². The Morgan fingerprint density at radius 1 is 0.750 bits per heavy atom. The Morgan fingerprint density at radius 3 is 1.60 bits per heavy atom. The highest BCUT2D eigenvalue weighted by Crippen LogP contribution is 2.28. The molecule has 0 aliphatic heterocycles. The molecule has 0 aliphatic carbocycles. The molecule has 0 saturated heterocycles. The Balaban J connectivity index is 2.26. The van der Waals surface area contributed by atoms with E-state index in [0.29, 0.717) is 0 Å². The monoisotopic (exact) mass is 300 g/mol. The number of rotatable bonds is 8. The zero-order valence-corrected chi connectivity index (χ0v) is 13.3. The van der Waals surface area contributed by atoms with Crippen molar-refractivity contribution in [3.63, 3.8) is 0 Å². The fourth-order valence-corrected chi connectivity index (χ4v) is 3.69. The fourth-order valence-electron chi connectivity index (χ4n) is 2.18. The van der Waals surface area contributed by atoms with Gasteiger partial charge in [-0.25, -0.2) is 0 Å². The van der Waals surface area contributed by atoms with E-state index < -0.39 is 0 Å². The summed E-state index contributed by atoms with van der Waals surface area (Å²) < 4.78 is 0. The van der Waals surface area contributed by atoms with Crippen molar-refractivity contribution in [2.75, 3.05) is 11.5 Å². The Kier molecular flexibility index (Phi) is 6.28. The van der Waals surface area contributed by atoms with E-state index in [-0.39, 0.29) is 0 Å². The maximum atomic E-state index is 3.78. The summed E-state index contributed by atoms with van der Waals surface area (Å²) in [6.45, 7) is 7.56. The molecule has 0 atom stereocenters. The standard InChI is InChI=1S/C18H20S2/c1-3-11-19-13-15-9-10-16(14-20-12-4-2)18-8-6-5-7-17(15)18/h3-10H,1-2,11-14H2. The Bertz CT molecular complexity index is 534. The third-order valence-electron chi connectivity index (χ3n) is 3.09. The third kappa shape index (κ3) is 3.94. The fraction of sp³-hybridized carbons (Fsp3) is 0.222. The molecule has 0 amide bonds. The Morgan fingerprint density at radius 2 is 1.20 bits per heavy atom. The highest BCUT2D eigenvalue weighted by molar-refractivity contribution is 7.98. The second-order valence-corrected chi connectivity index (χ2v) is 6.60. The van der Waals surface area contributed by atoms with Crippen molar-refractivity contribution in [3.05, 3.63) is 72.8 Å². The van der Waals surface area contributed by atoms with Crippen LogP contribution in [0.2, 0.25) is 0 Å². The smallest absolute Gasteiger partial charge is 0.0193 e. The van der Waals surface area contributed by atoms with E-state index in [2.05, 4.69) is 49.6 Å². The van der Waals surface area contributed by atoms with E-state index in [4.69, 9.17) is 0 Å². The highest BCUT2D eigenvalue weighted by atomic mass is 32.2. The zero-order chi connectivity index (χ0) is 14.2. The van der Waals surface area contributed by atoms with Gasteiger partial charge in [0.15, 0.2) is 0 Å². The van der Waals surface area contributed by atoms with Gasteiger partial charge in [-0.2, -0.15) is 23.5 Å². The zero-order valence-electron chi connectivity index (χ0n) is 11.7. The van der Waals surface area contributed by atoms with Crippen molar-refractivity contribution in [1.29, 1.82) is 0 Å². The van der Waals surface area contributed by atoms with Gasteiger partial charge in [-0.1, -0.05) is 48.6 Å². The lowest BCUT2D eigenvalue weighted by Gasteiger charge is -2.10. The average Bonchev–Trinajstić information content (AvgIpc) is 2.49. The van der Waals surface area contributed by atoms with E-state index in [0.717, 1.165) is 23.0 Å². The molecule has 0 N–H and O–H groups in total. The summed E-state index contributed by atoms with van der Waals surface area (Å²) in [6, 6.07) is 13.3. The van der Waals surface area contributed by atoms with Crippen LogP contribution >= 0.6 is 23.5 Å². The third-order valence-corrected chi connectivity index (χ3v) is 5.06. The molecule has 2 aromatic rings. The summed E-state index contributed by atoms with van der Waals surface area (Å²) in [5, 5.41) is 2.78. The van der Waals surface area contributed by atoms with Crippen molar-refractivity contribution < 1.29 is 0 Å². The first-order valence-electron chi connectivity index (χ1n) is 6.73. The predicted octanol–water partition coefficient (Wildman–Crippen LogP) is 5.68. The van der Waals surface area contributed by atoms with E-state index in [9.17, 15) is 0 Å². The maximum Gasteiger partial charge on any atom is 0.0193 e. The summed E-state index contributed by atoms with van der Waals surface area (Å²) in [6.07, 6.45) is 3.93. The number of hydrogen-bond donors (Lipinski definition) is 0. The van der Waals surface area contributed by atoms with Crippen LogP contribution < -0.4 is 0 Å². The predicted molar refractivity (Wildman–Crippen MR) is 96.7 cm³/mol. The van der Waals surface area contributed by atoms with Crippen LogP contribution in [-0.4, -0.2) is 11.5 Å². The largest absolute Gasteiger partial charge is 0.153 e. The first-order valence-corrected chi connectivity index (χ1v) is 9.04. The molecule has 0 unspecified atom stereocenters. The van der Waals surface area contributed by atoms with Gasteiger partial charge in [0, 0.05) is 23.0 Å². The van der Waals surface area contributed by atoms with Gasteiger partial charge in [-0.15, -0.1) is 13.2 Å². The molecule has 2 aromatic carbocycles. The van der Waals surface area contributed by atoms with E-state index in [1.165, 1.54) is 21.9 Å². The second kappa shape index (κ2) is 8.23. The number of benzene rings is 2. The lowest BCUT2D eigenvalue weighted by atomic mass is 10.0. The molecular formula is C18H20S2. The number of fused-ring (bicyclic) bond motifs is 1. The summed E-state index contributed by atoms with van der Waals surface area (Å²) in [5.74, 6) is 4.11. The Hall–Kier alpha value is -1.12. The first kappa shape index (κ1) is 15.3. The van der Waals surface area contributed by atoms with Crippen molar-refractivity contribution in [3.8, 4) is 0 Å². The topological polar surface area (TPSA) is 0 Å². The van der Waals surface area contributed by atoms with Crippen LogP contribution in [0.3, 0.4) is 0 Å². The van der Waals surface area contributed by atoms with Crippen LogP contribution in [0.4, 0.5) is 0 Å². The summed E-state index contributed by atoms with van der Waals surface area (Å²) in [4.78, 5) is 0. The molecular weight excluding hydrogens is 280 g/mol. The maximum absolute atomic E-state index is 3.78. The normalized spacial score (nSPS) is 10.6. The molecule has 0 radical (unpaired) electrons. The summed E-state index contributed by atoms with van der Waals surface area (Å²) in [5.41, 5.74) is 2.84. The van der Waals surface area contributed by atoms with Crippen LogP contribution in [0.15, 0.2) is 61.7 Å². The van der Waals surface area contributed by atoms with E-state index in [1.54, 1.807) is 0 Å². The highest BCUT2D eigenvalue weighted by Gasteiger charge is 2.05. The second-order valence-electron chi connectivity index (χ2n) is 4.54. The molecule has 104 valence electrons. The quantitative estimate of drug-likeness (QED) is 0.454. The number of hydrogen-bond acceptors (Lipinski definition) is 2. The molecule has 0 spiro atoms. The van der Waals surface area contributed by atoms with Crippen molar-refractivity contribution in [2.24, 2.45) is 0 Å². The first-order chi connectivity index (χ1) is 9.86. The van der Waals surface area contributed by atoms with Crippen LogP contribution in [-0.2, 0) is 11.5 Å². The minimum Gasteiger partial charge on any atom is -0.153 e. The lowest BCUT2D eigenvalue weighted by Crippen LogP contribution is -1.90. The minimum atomic E-state index is 1.01. The van der Waals surface area contributed by atoms with E-state index in [1.807, 2.05) is 35.7 Å². The average molecular weight is 300 g/mol. The van der Waals surface area contributed by atoms with Gasteiger partial charge in [-0.3, -0.25) is 0 Å². The SMILES string of the molecule is C=CCSCc1ccc(CSCC=C)c2ccccc12. The van der Waals surface area contributed by atoms with E-state index >= 15 is 0 Å². The van der Waals surface area contributed by atoms with Crippen LogP contribution in [0.25, 0.3) is 10.8 Å². The lowest BCUT2D eigenvalue weighted by molar-refractivity contribution is 1.40. The van der Waals surface area contributed by atoms with Gasteiger partial charge in [-0.05, 0) is 21.9 Å². The molecule has 0 aromatic heterocycles. The summed E-state index contributed by atoms with van der Waals surface area (Å²) >= 11 is 3.82. The Labute approximate surface area is 130 Å². The van der Waals surface area contributed by atoms with Gasteiger partial charge in [0.25, 0.3) is 0 Å². The molecule has 2 rings (SSSR count). The van der Waals surface area contributed by atoms with Gasteiger partial charge in [0.2, 0.25) is 0 Å². The summed E-state index contributed by atoms with van der Waals surface area (Å²) in [7, 11) is 0. The molecule has 0 fully saturated rings. The molecule has 0 nitrogen and oxygen atoms in total. The number of thioether (sulfide) groups is 2. The van der Waals surface area contributed by atoms with Crippen LogP contribution in [0.5, 0.6) is 0 Å². The minimum absolute atomic E-state index is 1.01.